The van der Waals surface area contributed by atoms with Crippen molar-refractivity contribution in [2.24, 2.45) is 0 Å². The van der Waals surface area contributed by atoms with Gasteiger partial charge in [0.25, 0.3) is 0 Å². The van der Waals surface area contributed by atoms with Crippen LogP contribution in [0.3, 0.4) is 0 Å². The maximum Gasteiger partial charge on any atom is 0.227 e. The quantitative estimate of drug-likeness (QED) is 0.875. The Kier molecular flexibility index (Phi) is 3.83. The van der Waals surface area contributed by atoms with Gasteiger partial charge < -0.3 is 4.90 Å². The van der Waals surface area contributed by atoms with Crippen LogP contribution in [0, 0.1) is 0 Å². The summed E-state index contributed by atoms with van der Waals surface area (Å²) in [4.78, 5) is 21.5. The molecule has 0 aliphatic carbocycles. The van der Waals surface area contributed by atoms with Crippen LogP contribution in [0.15, 0.2) is 54.7 Å². The number of para-hydroxylation sites is 1. The minimum atomic E-state index is 0.261. The molecule has 2 aromatic rings. The Morgan fingerprint density at radius 1 is 1.00 bits per heavy atom. The van der Waals surface area contributed by atoms with Crippen LogP contribution in [0.25, 0.3) is 0 Å². The molecule has 23 heavy (non-hydrogen) atoms. The number of carbonyl (C=O) groups excluding carboxylic acids is 1. The molecule has 3 heterocycles. The average molecular weight is 307 g/mol. The monoisotopic (exact) mass is 307 g/mol. The Hall–Kier alpha value is -2.20. The van der Waals surface area contributed by atoms with Crippen LogP contribution in [0.2, 0.25) is 0 Å². The number of pyridine rings is 1. The third kappa shape index (κ3) is 2.75. The van der Waals surface area contributed by atoms with Crippen molar-refractivity contribution in [3.8, 4) is 0 Å². The van der Waals surface area contributed by atoms with Gasteiger partial charge >= 0.3 is 0 Å². The van der Waals surface area contributed by atoms with Gasteiger partial charge in [-0.1, -0.05) is 24.3 Å². The van der Waals surface area contributed by atoms with E-state index in [1.165, 1.54) is 0 Å². The van der Waals surface area contributed by atoms with E-state index in [-0.39, 0.29) is 5.91 Å². The number of anilines is 1. The standard InChI is InChI=1S/C19H21N3O/c23-19-10-9-17-18(22(19)16-7-2-1-3-8-16)11-13-21(17)14-15-6-4-5-12-20-15/h1-8,12,17-18H,9-11,13-14H2/t17-,18-/m1/s1. The van der Waals surface area contributed by atoms with Crippen molar-refractivity contribution in [2.75, 3.05) is 11.4 Å². The molecule has 4 heteroatoms. The van der Waals surface area contributed by atoms with Crippen molar-refractivity contribution >= 4 is 11.6 Å². The van der Waals surface area contributed by atoms with Crippen LogP contribution in [0.4, 0.5) is 5.69 Å². The number of hydrogen-bond acceptors (Lipinski definition) is 3. The topological polar surface area (TPSA) is 36.4 Å². The lowest BCUT2D eigenvalue weighted by molar-refractivity contribution is -0.120. The van der Waals surface area contributed by atoms with Gasteiger partial charge in [-0.3, -0.25) is 14.7 Å². The second kappa shape index (κ2) is 6.13. The molecule has 4 rings (SSSR count). The molecule has 2 fully saturated rings. The van der Waals surface area contributed by atoms with E-state index >= 15 is 0 Å². The summed E-state index contributed by atoms with van der Waals surface area (Å²) in [6.07, 6.45) is 4.48. The van der Waals surface area contributed by atoms with E-state index in [4.69, 9.17) is 0 Å². The van der Waals surface area contributed by atoms with Crippen LogP contribution in [0.1, 0.15) is 25.0 Å². The van der Waals surface area contributed by atoms with Crippen LogP contribution in [-0.2, 0) is 11.3 Å². The molecule has 4 nitrogen and oxygen atoms in total. The molecule has 2 aliphatic heterocycles. The molecule has 2 saturated heterocycles. The Bertz CT molecular complexity index is 674. The Morgan fingerprint density at radius 2 is 1.83 bits per heavy atom. The van der Waals surface area contributed by atoms with Gasteiger partial charge in [-0.15, -0.1) is 0 Å². The van der Waals surface area contributed by atoms with Crippen molar-refractivity contribution in [2.45, 2.75) is 37.9 Å². The van der Waals surface area contributed by atoms with E-state index in [2.05, 4.69) is 16.0 Å². The first-order valence-electron chi connectivity index (χ1n) is 8.34. The highest BCUT2D eigenvalue weighted by molar-refractivity contribution is 5.95. The fourth-order valence-electron chi connectivity index (χ4n) is 3.97. The van der Waals surface area contributed by atoms with Crippen molar-refractivity contribution in [1.82, 2.24) is 9.88 Å². The molecule has 0 N–H and O–H groups in total. The molecule has 0 spiro atoms. The van der Waals surface area contributed by atoms with Crippen molar-refractivity contribution in [1.29, 1.82) is 0 Å². The maximum atomic E-state index is 12.5. The molecule has 2 aliphatic rings. The molecular weight excluding hydrogens is 286 g/mol. The SMILES string of the molecule is O=C1CC[C@@H]2[C@@H](CCN2Cc2ccccn2)N1c1ccccc1. The minimum absolute atomic E-state index is 0.261. The average Bonchev–Trinajstić information content (AvgIpc) is 2.99. The van der Waals surface area contributed by atoms with E-state index in [1.807, 2.05) is 53.6 Å². The Labute approximate surface area is 136 Å². The third-order valence-corrected chi connectivity index (χ3v) is 5.01. The number of likely N-dealkylation sites (tertiary alicyclic amines) is 1. The summed E-state index contributed by atoms with van der Waals surface area (Å²) in [5.41, 5.74) is 2.14. The zero-order valence-corrected chi connectivity index (χ0v) is 13.1. The van der Waals surface area contributed by atoms with Gasteiger partial charge in [0.1, 0.15) is 0 Å². The molecular formula is C19H21N3O. The number of carbonyl (C=O) groups is 1. The number of piperidine rings is 1. The van der Waals surface area contributed by atoms with Crippen molar-refractivity contribution in [3.05, 3.63) is 60.4 Å². The molecule has 1 amide bonds. The lowest BCUT2D eigenvalue weighted by Gasteiger charge is -2.39. The van der Waals surface area contributed by atoms with Gasteiger partial charge in [-0.25, -0.2) is 0 Å². The zero-order chi connectivity index (χ0) is 15.6. The molecule has 0 unspecified atom stereocenters. The fourth-order valence-corrected chi connectivity index (χ4v) is 3.97. The number of hydrogen-bond donors (Lipinski definition) is 0. The molecule has 0 radical (unpaired) electrons. The van der Waals surface area contributed by atoms with E-state index in [0.29, 0.717) is 18.5 Å². The van der Waals surface area contributed by atoms with Crippen LogP contribution >= 0.6 is 0 Å². The zero-order valence-electron chi connectivity index (χ0n) is 13.1. The predicted octanol–water partition coefficient (Wildman–Crippen LogP) is 2.85. The second-order valence-corrected chi connectivity index (χ2v) is 6.35. The molecule has 0 bridgehead atoms. The molecule has 118 valence electrons. The van der Waals surface area contributed by atoms with Crippen molar-refractivity contribution < 1.29 is 4.79 Å². The van der Waals surface area contributed by atoms with Crippen LogP contribution < -0.4 is 4.90 Å². The van der Waals surface area contributed by atoms with E-state index in [0.717, 1.165) is 37.3 Å². The molecule has 1 aromatic heterocycles. The first-order valence-corrected chi connectivity index (χ1v) is 8.34. The number of benzene rings is 1. The Balaban J connectivity index is 1.56. The first-order chi connectivity index (χ1) is 11.3. The van der Waals surface area contributed by atoms with E-state index < -0.39 is 0 Å². The largest absolute Gasteiger partial charge is 0.308 e. The highest BCUT2D eigenvalue weighted by atomic mass is 16.2. The highest BCUT2D eigenvalue weighted by Crippen LogP contribution is 2.35. The van der Waals surface area contributed by atoms with Gasteiger partial charge in [-0.2, -0.15) is 0 Å². The number of amides is 1. The lowest BCUT2D eigenvalue weighted by Crippen LogP contribution is -2.52. The van der Waals surface area contributed by atoms with E-state index in [9.17, 15) is 4.79 Å². The van der Waals surface area contributed by atoms with Gasteiger partial charge in [0.15, 0.2) is 0 Å². The fraction of sp³-hybridized carbons (Fsp3) is 0.368. The first kappa shape index (κ1) is 14.4. The van der Waals surface area contributed by atoms with Gasteiger partial charge in [0, 0.05) is 37.4 Å². The summed E-state index contributed by atoms with van der Waals surface area (Å²) in [7, 11) is 0. The minimum Gasteiger partial charge on any atom is -0.308 e. The van der Waals surface area contributed by atoms with Gasteiger partial charge in [-0.05, 0) is 37.1 Å². The second-order valence-electron chi connectivity index (χ2n) is 6.35. The summed E-state index contributed by atoms with van der Waals surface area (Å²) in [5.74, 6) is 0.261. The summed E-state index contributed by atoms with van der Waals surface area (Å²) in [6, 6.07) is 16.9. The molecule has 2 atom stereocenters. The smallest absolute Gasteiger partial charge is 0.227 e. The summed E-state index contributed by atoms with van der Waals surface area (Å²) in [5, 5.41) is 0. The normalized spacial score (nSPS) is 24.7. The Morgan fingerprint density at radius 3 is 2.61 bits per heavy atom. The maximum absolute atomic E-state index is 12.5. The van der Waals surface area contributed by atoms with E-state index in [1.54, 1.807) is 0 Å². The molecule has 0 saturated carbocycles. The number of fused-ring (bicyclic) bond motifs is 1. The van der Waals surface area contributed by atoms with Crippen LogP contribution in [-0.4, -0.2) is 34.4 Å². The number of aromatic nitrogens is 1. The summed E-state index contributed by atoms with van der Waals surface area (Å²) >= 11 is 0. The predicted molar refractivity (Wildman–Crippen MR) is 90.0 cm³/mol. The van der Waals surface area contributed by atoms with Gasteiger partial charge in [0.2, 0.25) is 5.91 Å². The summed E-state index contributed by atoms with van der Waals surface area (Å²) in [6.45, 7) is 1.90. The lowest BCUT2D eigenvalue weighted by atomic mass is 9.95. The van der Waals surface area contributed by atoms with Gasteiger partial charge in [0.05, 0.1) is 11.7 Å². The highest BCUT2D eigenvalue weighted by Gasteiger charge is 2.43. The number of nitrogens with zero attached hydrogens (tertiary/aromatic N) is 3. The third-order valence-electron chi connectivity index (χ3n) is 5.01. The van der Waals surface area contributed by atoms with Crippen molar-refractivity contribution in [3.63, 3.8) is 0 Å². The van der Waals surface area contributed by atoms with Crippen LogP contribution in [0.5, 0.6) is 0 Å². The summed E-state index contributed by atoms with van der Waals surface area (Å²) < 4.78 is 0. The molecule has 1 aromatic carbocycles. The number of rotatable bonds is 3.